The molecule has 0 spiro atoms. The molecule has 0 aliphatic heterocycles. The highest BCUT2D eigenvalue weighted by Gasteiger charge is 2.12. The lowest BCUT2D eigenvalue weighted by atomic mass is 10.2. The summed E-state index contributed by atoms with van der Waals surface area (Å²) in [5, 5.41) is 5.51. The Morgan fingerprint density at radius 2 is 1.75 bits per heavy atom. The zero-order valence-corrected chi connectivity index (χ0v) is 16.2. The van der Waals surface area contributed by atoms with E-state index in [2.05, 4.69) is 20.4 Å². The summed E-state index contributed by atoms with van der Waals surface area (Å²) in [5.74, 6) is -1.16. The van der Waals surface area contributed by atoms with Crippen molar-refractivity contribution in [1.29, 1.82) is 0 Å². The van der Waals surface area contributed by atoms with Gasteiger partial charge in [-0.3, -0.25) is 14.6 Å². The van der Waals surface area contributed by atoms with Gasteiger partial charge in [-0.25, -0.2) is 4.79 Å². The second-order valence-electron chi connectivity index (χ2n) is 6.37. The number of nitrogens with one attached hydrogen (secondary N) is 2. The van der Waals surface area contributed by atoms with Crippen LogP contribution in [-0.2, 0) is 4.74 Å². The second-order valence-corrected chi connectivity index (χ2v) is 6.37. The van der Waals surface area contributed by atoms with Crippen LogP contribution in [0.5, 0.6) is 0 Å². The van der Waals surface area contributed by atoms with Crippen molar-refractivity contribution in [2.45, 2.75) is 6.42 Å². The van der Waals surface area contributed by atoms with Crippen LogP contribution in [0.15, 0.2) is 42.6 Å². The van der Waals surface area contributed by atoms with Gasteiger partial charge in [-0.1, -0.05) is 0 Å². The van der Waals surface area contributed by atoms with Crippen LogP contribution < -0.4 is 10.6 Å². The first-order valence-corrected chi connectivity index (χ1v) is 8.79. The minimum Gasteiger partial charge on any atom is -0.465 e. The van der Waals surface area contributed by atoms with Gasteiger partial charge < -0.3 is 20.3 Å². The number of hydrogen-bond donors (Lipinski definition) is 2. The van der Waals surface area contributed by atoms with Crippen molar-refractivity contribution in [2.75, 3.05) is 39.6 Å². The maximum atomic E-state index is 12.4. The van der Waals surface area contributed by atoms with Crippen LogP contribution in [0.25, 0.3) is 0 Å². The van der Waals surface area contributed by atoms with E-state index < -0.39 is 11.9 Å². The Bertz CT molecular complexity index is 834. The summed E-state index contributed by atoms with van der Waals surface area (Å²) in [4.78, 5) is 42.1. The van der Waals surface area contributed by atoms with Gasteiger partial charge in [-0.15, -0.1) is 0 Å². The standard InChI is InChI=1S/C20H24N4O4/c1-24(2)12-4-10-22-18(25)15-9-11-21-17(13-15)19(26)23-16-7-5-14(6-8-16)20(27)28-3/h5-9,11,13H,4,10,12H2,1-3H3,(H,22,25)(H,23,26). The van der Waals surface area contributed by atoms with Crippen molar-refractivity contribution in [1.82, 2.24) is 15.2 Å². The molecule has 0 bridgehead atoms. The highest BCUT2D eigenvalue weighted by molar-refractivity contribution is 6.05. The van der Waals surface area contributed by atoms with Crippen molar-refractivity contribution in [2.24, 2.45) is 0 Å². The second kappa shape index (κ2) is 10.2. The van der Waals surface area contributed by atoms with Gasteiger partial charge in [-0.05, 0) is 63.5 Å². The molecular weight excluding hydrogens is 360 g/mol. The Hall–Kier alpha value is -3.26. The maximum Gasteiger partial charge on any atom is 0.337 e. The smallest absolute Gasteiger partial charge is 0.337 e. The average Bonchev–Trinajstić information content (AvgIpc) is 2.71. The molecule has 1 heterocycles. The van der Waals surface area contributed by atoms with Gasteiger partial charge >= 0.3 is 5.97 Å². The van der Waals surface area contributed by atoms with E-state index in [4.69, 9.17) is 0 Å². The topological polar surface area (TPSA) is 101 Å². The van der Waals surface area contributed by atoms with Crippen molar-refractivity contribution in [3.05, 3.63) is 59.4 Å². The number of amides is 2. The summed E-state index contributed by atoms with van der Waals surface area (Å²) in [6.45, 7) is 1.42. The van der Waals surface area contributed by atoms with Gasteiger partial charge in [0.2, 0.25) is 0 Å². The SMILES string of the molecule is COC(=O)c1ccc(NC(=O)c2cc(C(=O)NCCCN(C)C)ccn2)cc1. The van der Waals surface area contributed by atoms with E-state index in [1.807, 2.05) is 19.0 Å². The molecule has 1 aromatic heterocycles. The molecule has 0 aliphatic rings. The molecule has 2 N–H and O–H groups in total. The number of anilines is 1. The van der Waals surface area contributed by atoms with Crippen LogP contribution in [0.1, 0.15) is 37.6 Å². The minimum absolute atomic E-state index is 0.123. The van der Waals surface area contributed by atoms with Gasteiger partial charge in [0.25, 0.3) is 11.8 Å². The quantitative estimate of drug-likeness (QED) is 0.532. The number of rotatable bonds is 8. The van der Waals surface area contributed by atoms with E-state index >= 15 is 0 Å². The third-order valence-corrected chi connectivity index (χ3v) is 3.89. The normalized spacial score (nSPS) is 10.4. The maximum absolute atomic E-state index is 12.4. The fraction of sp³-hybridized carbons (Fsp3) is 0.300. The fourth-order valence-electron chi connectivity index (χ4n) is 2.40. The lowest BCUT2D eigenvalue weighted by Crippen LogP contribution is -2.27. The Kier molecular flexibility index (Phi) is 7.65. The van der Waals surface area contributed by atoms with Gasteiger partial charge in [0.05, 0.1) is 12.7 Å². The largest absolute Gasteiger partial charge is 0.465 e. The van der Waals surface area contributed by atoms with Gasteiger partial charge in [-0.2, -0.15) is 0 Å². The molecule has 8 nitrogen and oxygen atoms in total. The number of ether oxygens (including phenoxy) is 1. The molecule has 148 valence electrons. The number of methoxy groups -OCH3 is 1. The van der Waals surface area contributed by atoms with Crippen LogP contribution in [0, 0.1) is 0 Å². The molecular formula is C20H24N4O4. The Morgan fingerprint density at radius 3 is 2.39 bits per heavy atom. The number of benzene rings is 1. The summed E-state index contributed by atoms with van der Waals surface area (Å²) in [6, 6.07) is 9.28. The van der Waals surface area contributed by atoms with Crippen molar-refractivity contribution >= 4 is 23.5 Å². The predicted octanol–water partition coefficient (Wildman–Crippen LogP) is 1.80. The van der Waals surface area contributed by atoms with E-state index in [-0.39, 0.29) is 11.6 Å². The van der Waals surface area contributed by atoms with Crippen LogP contribution in [-0.4, -0.2) is 62.0 Å². The Labute approximate surface area is 163 Å². The molecule has 0 atom stereocenters. The highest BCUT2D eigenvalue weighted by atomic mass is 16.5. The number of aromatic nitrogens is 1. The van der Waals surface area contributed by atoms with Gasteiger partial charge in [0, 0.05) is 24.0 Å². The number of esters is 1. The van der Waals surface area contributed by atoms with E-state index in [0.717, 1.165) is 13.0 Å². The lowest BCUT2D eigenvalue weighted by Gasteiger charge is -2.10. The van der Waals surface area contributed by atoms with E-state index in [1.54, 1.807) is 30.3 Å². The van der Waals surface area contributed by atoms with Gasteiger partial charge in [0.1, 0.15) is 5.69 Å². The van der Waals surface area contributed by atoms with Crippen molar-refractivity contribution in [3.63, 3.8) is 0 Å². The molecule has 1 aromatic carbocycles. The molecule has 0 saturated heterocycles. The summed E-state index contributed by atoms with van der Waals surface area (Å²) < 4.78 is 4.63. The van der Waals surface area contributed by atoms with Crippen LogP contribution in [0.3, 0.4) is 0 Å². The number of pyridine rings is 1. The van der Waals surface area contributed by atoms with E-state index in [0.29, 0.717) is 23.4 Å². The third kappa shape index (κ3) is 6.17. The zero-order valence-electron chi connectivity index (χ0n) is 16.2. The molecule has 28 heavy (non-hydrogen) atoms. The lowest BCUT2D eigenvalue weighted by molar-refractivity contribution is 0.0600. The molecule has 8 heteroatoms. The van der Waals surface area contributed by atoms with Crippen molar-refractivity contribution in [3.8, 4) is 0 Å². The monoisotopic (exact) mass is 384 g/mol. The summed E-state index contributed by atoms with van der Waals surface area (Å²) >= 11 is 0. The molecule has 2 amide bonds. The zero-order chi connectivity index (χ0) is 20.5. The fourth-order valence-corrected chi connectivity index (χ4v) is 2.40. The van der Waals surface area contributed by atoms with E-state index in [9.17, 15) is 14.4 Å². The Morgan fingerprint density at radius 1 is 1.04 bits per heavy atom. The number of carbonyl (C=O) groups excluding carboxylic acids is 3. The molecule has 0 radical (unpaired) electrons. The highest BCUT2D eigenvalue weighted by Crippen LogP contribution is 2.12. The van der Waals surface area contributed by atoms with Crippen LogP contribution in [0.4, 0.5) is 5.69 Å². The predicted molar refractivity (Wildman–Crippen MR) is 105 cm³/mol. The number of nitrogens with zero attached hydrogens (tertiary/aromatic N) is 2. The first-order chi connectivity index (χ1) is 13.4. The van der Waals surface area contributed by atoms with E-state index in [1.165, 1.54) is 19.4 Å². The summed E-state index contributed by atoms with van der Waals surface area (Å²) in [5.41, 5.74) is 1.37. The molecule has 0 aliphatic carbocycles. The molecule has 2 aromatic rings. The van der Waals surface area contributed by atoms with Crippen LogP contribution >= 0.6 is 0 Å². The summed E-state index contributed by atoms with van der Waals surface area (Å²) in [7, 11) is 5.24. The number of carbonyl (C=O) groups is 3. The third-order valence-electron chi connectivity index (χ3n) is 3.89. The Balaban J connectivity index is 1.97. The minimum atomic E-state index is -0.455. The van der Waals surface area contributed by atoms with Gasteiger partial charge in [0.15, 0.2) is 0 Å². The molecule has 0 saturated carbocycles. The number of hydrogen-bond acceptors (Lipinski definition) is 6. The first-order valence-electron chi connectivity index (χ1n) is 8.79. The molecule has 2 rings (SSSR count). The first kappa shape index (κ1) is 21.0. The summed E-state index contributed by atoms with van der Waals surface area (Å²) in [6.07, 6.45) is 2.25. The molecule has 0 fully saturated rings. The average molecular weight is 384 g/mol. The molecule has 0 unspecified atom stereocenters. The van der Waals surface area contributed by atoms with Crippen molar-refractivity contribution < 1.29 is 19.1 Å². The van der Waals surface area contributed by atoms with Crippen LogP contribution in [0.2, 0.25) is 0 Å².